The van der Waals surface area contributed by atoms with Crippen molar-refractivity contribution in [3.8, 4) is 0 Å². The van der Waals surface area contributed by atoms with Crippen molar-refractivity contribution in [2.45, 2.75) is 52.2 Å². The molecule has 96 valence electrons. The van der Waals surface area contributed by atoms with E-state index in [0.29, 0.717) is 11.6 Å². The number of hydrogen-bond donors (Lipinski definition) is 3. The normalized spacial score (nSPS) is 13.5. The maximum atomic E-state index is 9.65. The molecule has 0 aliphatic rings. The first kappa shape index (κ1) is 13.7. The largest absolute Gasteiger partial charge is 0.391 e. The zero-order chi connectivity index (χ0) is 13.1. The summed E-state index contributed by atoms with van der Waals surface area (Å²) in [7, 11) is 0. The van der Waals surface area contributed by atoms with Crippen LogP contribution in [0.1, 0.15) is 39.9 Å². The van der Waals surface area contributed by atoms with Crippen molar-refractivity contribution in [1.82, 2.24) is 9.97 Å². The van der Waals surface area contributed by atoms with Crippen LogP contribution in [0.5, 0.6) is 0 Å². The number of nitrogens with zero attached hydrogens (tertiary/aromatic N) is 2. The molecule has 5 heteroatoms. The monoisotopic (exact) mass is 238 g/mol. The number of aliphatic hydroxyl groups is 1. The molecule has 1 aromatic rings. The molecule has 0 aromatic carbocycles. The molecular formula is C12H22N4O. The van der Waals surface area contributed by atoms with Gasteiger partial charge in [0.1, 0.15) is 17.5 Å². The van der Waals surface area contributed by atoms with Gasteiger partial charge in [-0.15, -0.1) is 0 Å². The van der Waals surface area contributed by atoms with E-state index in [1.54, 1.807) is 13.0 Å². The van der Waals surface area contributed by atoms with Gasteiger partial charge in [-0.3, -0.25) is 0 Å². The van der Waals surface area contributed by atoms with Gasteiger partial charge in [0.2, 0.25) is 0 Å². The minimum Gasteiger partial charge on any atom is -0.391 e. The van der Waals surface area contributed by atoms with E-state index < -0.39 is 11.6 Å². The van der Waals surface area contributed by atoms with E-state index in [0.717, 1.165) is 18.7 Å². The first-order chi connectivity index (χ1) is 7.85. The Morgan fingerprint density at radius 2 is 2.12 bits per heavy atom. The van der Waals surface area contributed by atoms with Crippen LogP contribution in [0.2, 0.25) is 0 Å². The summed E-state index contributed by atoms with van der Waals surface area (Å²) in [4.78, 5) is 8.54. The predicted octanol–water partition coefficient (Wildman–Crippen LogP) is 1.58. The van der Waals surface area contributed by atoms with Crippen LogP contribution in [0, 0.1) is 0 Å². The van der Waals surface area contributed by atoms with Crippen LogP contribution in [-0.4, -0.2) is 26.7 Å². The molecule has 1 atom stereocenters. The van der Waals surface area contributed by atoms with Gasteiger partial charge in [0.15, 0.2) is 0 Å². The maximum Gasteiger partial charge on any atom is 0.133 e. The molecule has 0 aliphatic heterocycles. The third-order valence-corrected chi connectivity index (χ3v) is 2.76. The first-order valence-electron chi connectivity index (χ1n) is 5.95. The fourth-order valence-corrected chi connectivity index (χ4v) is 1.35. The average Bonchev–Trinajstić information content (AvgIpc) is 2.15. The second-order valence-electron chi connectivity index (χ2n) is 4.87. The maximum absolute atomic E-state index is 9.65. The minimum absolute atomic E-state index is 0.451. The molecule has 5 nitrogen and oxygen atoms in total. The van der Waals surface area contributed by atoms with Gasteiger partial charge in [-0.05, 0) is 27.2 Å². The Balaban J connectivity index is 2.91. The molecule has 1 aromatic heterocycles. The fraction of sp³-hybridized carbons (Fsp3) is 0.667. The number of aliphatic hydroxyl groups excluding tert-OH is 1. The SMILES string of the molecule is CCCc1nc(N)cc(NC(C)(C)C(C)O)n1. The molecule has 4 N–H and O–H groups in total. The van der Waals surface area contributed by atoms with Gasteiger partial charge in [0, 0.05) is 12.5 Å². The smallest absolute Gasteiger partial charge is 0.133 e. The van der Waals surface area contributed by atoms with E-state index in [4.69, 9.17) is 5.73 Å². The van der Waals surface area contributed by atoms with E-state index in [1.807, 2.05) is 13.8 Å². The second-order valence-corrected chi connectivity index (χ2v) is 4.87. The summed E-state index contributed by atoms with van der Waals surface area (Å²) in [5.41, 5.74) is 5.28. The number of anilines is 2. The van der Waals surface area contributed by atoms with Gasteiger partial charge in [-0.25, -0.2) is 9.97 Å². The van der Waals surface area contributed by atoms with Crippen molar-refractivity contribution in [2.24, 2.45) is 0 Å². The number of nitrogens with one attached hydrogen (secondary N) is 1. The molecule has 0 spiro atoms. The fourth-order valence-electron chi connectivity index (χ4n) is 1.35. The van der Waals surface area contributed by atoms with Gasteiger partial charge in [0.05, 0.1) is 11.6 Å². The summed E-state index contributed by atoms with van der Waals surface area (Å²) in [6.45, 7) is 7.63. The lowest BCUT2D eigenvalue weighted by Crippen LogP contribution is -2.42. The van der Waals surface area contributed by atoms with Crippen LogP contribution in [-0.2, 0) is 6.42 Å². The number of rotatable bonds is 5. The summed E-state index contributed by atoms with van der Waals surface area (Å²) in [6, 6.07) is 1.68. The number of nitrogens with two attached hydrogens (primary N) is 1. The Morgan fingerprint density at radius 1 is 1.47 bits per heavy atom. The third kappa shape index (κ3) is 3.85. The van der Waals surface area contributed by atoms with E-state index in [1.165, 1.54) is 0 Å². The van der Waals surface area contributed by atoms with Crippen LogP contribution in [0.4, 0.5) is 11.6 Å². The number of hydrogen-bond acceptors (Lipinski definition) is 5. The Kier molecular flexibility index (Phi) is 4.28. The Labute approximate surface area is 102 Å². The van der Waals surface area contributed by atoms with Crippen molar-refractivity contribution >= 4 is 11.6 Å². The van der Waals surface area contributed by atoms with Crippen molar-refractivity contribution in [1.29, 1.82) is 0 Å². The van der Waals surface area contributed by atoms with E-state index in [2.05, 4.69) is 22.2 Å². The number of nitrogen functional groups attached to an aromatic ring is 1. The molecule has 1 rings (SSSR count). The Bertz CT molecular complexity index is 377. The highest BCUT2D eigenvalue weighted by atomic mass is 16.3. The summed E-state index contributed by atoms with van der Waals surface area (Å²) >= 11 is 0. The third-order valence-electron chi connectivity index (χ3n) is 2.76. The van der Waals surface area contributed by atoms with Crippen LogP contribution in [0.25, 0.3) is 0 Å². The van der Waals surface area contributed by atoms with Crippen LogP contribution in [0.15, 0.2) is 6.07 Å². The highest BCUT2D eigenvalue weighted by Crippen LogP contribution is 2.18. The molecule has 1 unspecified atom stereocenters. The molecular weight excluding hydrogens is 216 g/mol. The molecule has 0 bridgehead atoms. The predicted molar refractivity (Wildman–Crippen MR) is 69.8 cm³/mol. The summed E-state index contributed by atoms with van der Waals surface area (Å²) in [6.07, 6.45) is 1.28. The van der Waals surface area contributed by atoms with Crippen molar-refractivity contribution < 1.29 is 5.11 Å². The lowest BCUT2D eigenvalue weighted by molar-refractivity contribution is 0.133. The number of aryl methyl sites for hydroxylation is 1. The minimum atomic E-state index is -0.492. The average molecular weight is 238 g/mol. The molecule has 0 saturated carbocycles. The van der Waals surface area contributed by atoms with Gasteiger partial charge in [0.25, 0.3) is 0 Å². The topological polar surface area (TPSA) is 84.1 Å². The van der Waals surface area contributed by atoms with E-state index in [-0.39, 0.29) is 0 Å². The Hall–Kier alpha value is -1.36. The summed E-state index contributed by atoms with van der Waals surface area (Å²) in [5, 5.41) is 12.8. The second kappa shape index (κ2) is 5.31. The summed E-state index contributed by atoms with van der Waals surface area (Å²) < 4.78 is 0. The molecule has 0 amide bonds. The summed E-state index contributed by atoms with van der Waals surface area (Å²) in [5.74, 6) is 1.84. The van der Waals surface area contributed by atoms with Gasteiger partial charge in [-0.1, -0.05) is 6.92 Å². The lowest BCUT2D eigenvalue weighted by atomic mass is 9.99. The van der Waals surface area contributed by atoms with Crippen LogP contribution in [0.3, 0.4) is 0 Å². The van der Waals surface area contributed by atoms with Crippen molar-refractivity contribution in [2.75, 3.05) is 11.1 Å². The van der Waals surface area contributed by atoms with E-state index in [9.17, 15) is 5.11 Å². The zero-order valence-electron chi connectivity index (χ0n) is 11.0. The quantitative estimate of drug-likeness (QED) is 0.725. The molecule has 0 aliphatic carbocycles. The van der Waals surface area contributed by atoms with Gasteiger partial charge < -0.3 is 16.2 Å². The first-order valence-corrected chi connectivity index (χ1v) is 5.95. The van der Waals surface area contributed by atoms with Crippen molar-refractivity contribution in [3.63, 3.8) is 0 Å². The molecule has 17 heavy (non-hydrogen) atoms. The van der Waals surface area contributed by atoms with Gasteiger partial charge >= 0.3 is 0 Å². The van der Waals surface area contributed by atoms with E-state index >= 15 is 0 Å². The van der Waals surface area contributed by atoms with Crippen LogP contribution < -0.4 is 11.1 Å². The van der Waals surface area contributed by atoms with Crippen LogP contribution >= 0.6 is 0 Å². The lowest BCUT2D eigenvalue weighted by Gasteiger charge is -2.30. The highest BCUT2D eigenvalue weighted by Gasteiger charge is 2.24. The molecule has 0 saturated heterocycles. The molecule has 0 fully saturated rings. The Morgan fingerprint density at radius 3 is 2.65 bits per heavy atom. The highest BCUT2D eigenvalue weighted by molar-refractivity contribution is 5.46. The molecule has 0 radical (unpaired) electrons. The zero-order valence-corrected chi connectivity index (χ0v) is 11.0. The molecule has 1 heterocycles. The standard InChI is InChI=1S/C12H22N4O/c1-5-6-10-14-9(13)7-11(15-10)16-12(3,4)8(2)17/h7-8,17H,5-6H2,1-4H3,(H3,13,14,15,16). The van der Waals surface area contributed by atoms with Crippen molar-refractivity contribution in [3.05, 3.63) is 11.9 Å². The van der Waals surface area contributed by atoms with Gasteiger partial charge in [-0.2, -0.15) is 0 Å². The number of aromatic nitrogens is 2.